The molecule has 3 aliphatic heterocycles. The molecule has 0 radical (unpaired) electrons. The highest BCUT2D eigenvalue weighted by atomic mass is 16.7. The molecule has 1 atom stereocenters. The van der Waals surface area contributed by atoms with E-state index in [1.165, 1.54) is 16.8 Å². The predicted octanol–water partition coefficient (Wildman–Crippen LogP) is 4.76. The van der Waals surface area contributed by atoms with Gasteiger partial charge in [-0.15, -0.1) is 0 Å². The molecule has 8 heteroatoms. The minimum absolute atomic E-state index is 0.0764. The molecule has 0 unspecified atom stereocenters. The van der Waals surface area contributed by atoms with Gasteiger partial charge in [0.1, 0.15) is 12.2 Å². The van der Waals surface area contributed by atoms with Gasteiger partial charge >= 0.3 is 6.09 Å². The van der Waals surface area contributed by atoms with Crippen LogP contribution in [0.1, 0.15) is 56.0 Å². The summed E-state index contributed by atoms with van der Waals surface area (Å²) >= 11 is 0. The first-order valence-electron chi connectivity index (χ1n) is 12.0. The molecule has 186 valence electrons. The zero-order chi connectivity index (χ0) is 24.7. The largest absolute Gasteiger partial charge is 0.493 e. The number of carbonyl (C=O) groups excluding carboxylic acids is 1. The quantitative estimate of drug-likeness (QED) is 0.619. The second-order valence-electron chi connectivity index (χ2n) is 9.89. The molecule has 1 amide bonds. The highest BCUT2D eigenvalue weighted by Crippen LogP contribution is 2.49. The van der Waals surface area contributed by atoms with Crippen molar-refractivity contribution in [2.75, 3.05) is 33.6 Å². The van der Waals surface area contributed by atoms with Crippen molar-refractivity contribution in [1.82, 2.24) is 10.2 Å². The van der Waals surface area contributed by atoms with E-state index in [1.807, 2.05) is 26.8 Å². The molecular weight excluding hydrogens is 448 g/mol. The van der Waals surface area contributed by atoms with E-state index in [0.29, 0.717) is 24.7 Å². The molecule has 0 saturated carbocycles. The summed E-state index contributed by atoms with van der Waals surface area (Å²) in [6, 6.07) is 8.28. The highest BCUT2D eigenvalue weighted by molar-refractivity contribution is 5.88. The number of benzene rings is 2. The molecule has 35 heavy (non-hydrogen) atoms. The second kappa shape index (κ2) is 8.91. The molecule has 1 N–H and O–H groups in total. The number of nitrogens with zero attached hydrogens (tertiary/aromatic N) is 1. The number of amides is 1. The number of fused-ring (bicyclic) bond motifs is 5. The van der Waals surface area contributed by atoms with Gasteiger partial charge in [0.15, 0.2) is 23.0 Å². The van der Waals surface area contributed by atoms with Gasteiger partial charge < -0.3 is 33.9 Å². The van der Waals surface area contributed by atoms with Crippen LogP contribution >= 0.6 is 0 Å². The average molecular weight is 481 g/mol. The van der Waals surface area contributed by atoms with Gasteiger partial charge in [-0.25, -0.2) is 4.79 Å². The maximum absolute atomic E-state index is 12.0. The molecule has 2 aromatic rings. The van der Waals surface area contributed by atoms with Crippen LogP contribution in [0.2, 0.25) is 0 Å². The third kappa shape index (κ3) is 4.45. The number of carbonyl (C=O) groups is 1. The number of rotatable bonds is 5. The van der Waals surface area contributed by atoms with Crippen LogP contribution in [-0.4, -0.2) is 50.2 Å². The van der Waals surface area contributed by atoms with Crippen LogP contribution in [0, 0.1) is 0 Å². The maximum Gasteiger partial charge on any atom is 0.407 e. The van der Waals surface area contributed by atoms with Crippen LogP contribution in [0.3, 0.4) is 0 Å². The Morgan fingerprint density at radius 3 is 2.71 bits per heavy atom. The molecule has 5 rings (SSSR count). The van der Waals surface area contributed by atoms with Crippen LogP contribution in [0.4, 0.5) is 4.79 Å². The Balaban J connectivity index is 1.41. The van der Waals surface area contributed by atoms with Crippen molar-refractivity contribution in [1.29, 1.82) is 0 Å². The number of hydrogen-bond donors (Lipinski definition) is 1. The molecule has 8 nitrogen and oxygen atoms in total. The molecule has 3 heterocycles. The number of ether oxygens (including phenoxy) is 5. The van der Waals surface area contributed by atoms with Gasteiger partial charge in [0.2, 0.25) is 6.79 Å². The predicted molar refractivity (Wildman–Crippen MR) is 132 cm³/mol. The zero-order valence-corrected chi connectivity index (χ0v) is 20.9. The monoisotopic (exact) mass is 480 g/mol. The lowest BCUT2D eigenvalue weighted by Crippen LogP contribution is -2.35. The molecule has 2 aromatic carbocycles. The molecule has 0 aliphatic carbocycles. The minimum Gasteiger partial charge on any atom is -0.493 e. The molecule has 0 aromatic heterocycles. The summed E-state index contributed by atoms with van der Waals surface area (Å²) in [5, 5.41) is 2.74. The van der Waals surface area contributed by atoms with E-state index in [2.05, 4.69) is 41.4 Å². The summed E-state index contributed by atoms with van der Waals surface area (Å²) in [6.07, 6.45) is 2.67. The van der Waals surface area contributed by atoms with E-state index >= 15 is 0 Å². The van der Waals surface area contributed by atoms with E-state index in [4.69, 9.17) is 23.7 Å². The Hall–Kier alpha value is -3.55. The second-order valence-corrected chi connectivity index (χ2v) is 9.89. The molecule has 0 bridgehead atoms. The first-order chi connectivity index (χ1) is 16.7. The number of hydrogen-bond acceptors (Lipinski definition) is 7. The smallest absolute Gasteiger partial charge is 0.407 e. The average Bonchev–Trinajstić information content (AvgIpc) is 3.26. The van der Waals surface area contributed by atoms with E-state index in [-0.39, 0.29) is 12.8 Å². The molecule has 3 aliphatic rings. The normalized spacial score (nSPS) is 17.6. The van der Waals surface area contributed by atoms with Gasteiger partial charge in [0.25, 0.3) is 0 Å². The standard InChI is InChI=1S/C27H32N2O6/c1-16-24-18(6-7-21(31-5)25(24)32-11-9-28-26(30)35-27(2,3)4)12-20-19-14-23-22(33-15-34-23)13-17(19)8-10-29(16)20/h6-7,12-14,16H,8-11,15H2,1-5H3,(H,28,30)/t16-/m0/s1. The van der Waals surface area contributed by atoms with Crippen molar-refractivity contribution < 1.29 is 28.5 Å². The summed E-state index contributed by atoms with van der Waals surface area (Å²) in [5.74, 6) is 2.99. The molecular formula is C27H32N2O6. The van der Waals surface area contributed by atoms with Crippen LogP contribution < -0.4 is 24.3 Å². The van der Waals surface area contributed by atoms with Crippen molar-refractivity contribution in [3.8, 4) is 23.0 Å². The van der Waals surface area contributed by atoms with E-state index in [0.717, 1.165) is 35.6 Å². The lowest BCUT2D eigenvalue weighted by Gasteiger charge is -2.42. The van der Waals surface area contributed by atoms with Crippen LogP contribution in [-0.2, 0) is 11.2 Å². The Morgan fingerprint density at radius 1 is 1.20 bits per heavy atom. The van der Waals surface area contributed by atoms with E-state index in [9.17, 15) is 4.79 Å². The summed E-state index contributed by atoms with van der Waals surface area (Å²) < 4.78 is 28.4. The van der Waals surface area contributed by atoms with Crippen molar-refractivity contribution in [3.63, 3.8) is 0 Å². The van der Waals surface area contributed by atoms with Gasteiger partial charge in [-0.1, -0.05) is 6.07 Å². The Morgan fingerprint density at radius 2 is 1.97 bits per heavy atom. The third-order valence-corrected chi connectivity index (χ3v) is 6.41. The minimum atomic E-state index is -0.543. The SMILES string of the molecule is COc1ccc2c(c1OCCNC(=O)OC(C)(C)C)[C@H](C)N1CCc3cc4c(cc3C1=C2)OCO4. The van der Waals surface area contributed by atoms with Gasteiger partial charge in [-0.2, -0.15) is 0 Å². The van der Waals surface area contributed by atoms with Crippen molar-refractivity contribution in [2.45, 2.75) is 45.8 Å². The summed E-state index contributed by atoms with van der Waals surface area (Å²) in [7, 11) is 1.64. The zero-order valence-electron chi connectivity index (χ0n) is 20.9. The van der Waals surface area contributed by atoms with Crippen molar-refractivity contribution in [3.05, 3.63) is 46.5 Å². The lowest BCUT2D eigenvalue weighted by molar-refractivity contribution is 0.0520. The fourth-order valence-corrected chi connectivity index (χ4v) is 4.89. The van der Waals surface area contributed by atoms with Gasteiger partial charge in [0.05, 0.1) is 19.7 Å². The van der Waals surface area contributed by atoms with Crippen LogP contribution in [0.15, 0.2) is 24.3 Å². The molecule has 0 spiro atoms. The number of alkyl carbamates (subject to hydrolysis) is 1. The van der Waals surface area contributed by atoms with Crippen LogP contribution in [0.25, 0.3) is 11.8 Å². The van der Waals surface area contributed by atoms with Crippen molar-refractivity contribution >= 4 is 17.9 Å². The van der Waals surface area contributed by atoms with Gasteiger partial charge in [-0.3, -0.25) is 0 Å². The topological polar surface area (TPSA) is 78.5 Å². The third-order valence-electron chi connectivity index (χ3n) is 6.41. The first-order valence-corrected chi connectivity index (χ1v) is 12.0. The first kappa shape index (κ1) is 23.2. The Kier molecular flexibility index (Phi) is 5.91. The van der Waals surface area contributed by atoms with Gasteiger partial charge in [0, 0.05) is 23.4 Å². The summed E-state index contributed by atoms with van der Waals surface area (Å²) in [5.41, 5.74) is 5.24. The highest BCUT2D eigenvalue weighted by Gasteiger charge is 2.34. The number of nitrogens with one attached hydrogen (secondary N) is 1. The van der Waals surface area contributed by atoms with E-state index < -0.39 is 11.7 Å². The molecule has 0 saturated heterocycles. The number of methoxy groups -OCH3 is 1. The van der Waals surface area contributed by atoms with Crippen LogP contribution in [0.5, 0.6) is 23.0 Å². The Bertz CT molecular complexity index is 1180. The van der Waals surface area contributed by atoms with E-state index in [1.54, 1.807) is 7.11 Å². The Labute approximate surface area is 205 Å². The van der Waals surface area contributed by atoms with Gasteiger partial charge in [-0.05, 0) is 69.5 Å². The summed E-state index contributed by atoms with van der Waals surface area (Å²) in [6.45, 7) is 9.46. The fourth-order valence-electron chi connectivity index (χ4n) is 4.89. The summed E-state index contributed by atoms with van der Waals surface area (Å²) in [4.78, 5) is 14.4. The molecule has 0 fully saturated rings. The lowest BCUT2D eigenvalue weighted by atomic mass is 9.86. The maximum atomic E-state index is 12.0. The fraction of sp³-hybridized carbons (Fsp3) is 0.444. The van der Waals surface area contributed by atoms with Crippen molar-refractivity contribution in [2.24, 2.45) is 0 Å².